The SMILES string of the molecule is CCCNc1ccc(C(=O)NCCNC(N)=O)nn1. The van der Waals surface area contributed by atoms with Crippen molar-refractivity contribution >= 4 is 17.8 Å². The summed E-state index contributed by atoms with van der Waals surface area (Å²) < 4.78 is 0. The monoisotopic (exact) mass is 266 g/mol. The normalized spacial score (nSPS) is 9.74. The van der Waals surface area contributed by atoms with Crippen molar-refractivity contribution in [2.75, 3.05) is 25.0 Å². The van der Waals surface area contributed by atoms with E-state index in [1.807, 2.05) is 6.92 Å². The minimum absolute atomic E-state index is 0.223. The molecule has 3 amide bonds. The fourth-order valence-corrected chi connectivity index (χ4v) is 1.25. The fraction of sp³-hybridized carbons (Fsp3) is 0.455. The minimum atomic E-state index is -0.625. The first kappa shape index (κ1) is 14.7. The Hall–Kier alpha value is -2.38. The largest absolute Gasteiger partial charge is 0.369 e. The molecule has 8 nitrogen and oxygen atoms in total. The van der Waals surface area contributed by atoms with Gasteiger partial charge in [0.1, 0.15) is 5.82 Å². The predicted molar refractivity (Wildman–Crippen MR) is 70.7 cm³/mol. The van der Waals surface area contributed by atoms with Gasteiger partial charge in [0.2, 0.25) is 0 Å². The number of amides is 3. The second-order valence-corrected chi connectivity index (χ2v) is 3.78. The van der Waals surface area contributed by atoms with Gasteiger partial charge in [-0.05, 0) is 18.6 Å². The van der Waals surface area contributed by atoms with E-state index in [1.165, 1.54) is 0 Å². The predicted octanol–water partition coefficient (Wildman–Crippen LogP) is -0.303. The minimum Gasteiger partial charge on any atom is -0.369 e. The summed E-state index contributed by atoms with van der Waals surface area (Å²) in [5.41, 5.74) is 5.11. The van der Waals surface area contributed by atoms with Gasteiger partial charge in [0.15, 0.2) is 5.69 Å². The molecule has 0 aliphatic rings. The van der Waals surface area contributed by atoms with Crippen molar-refractivity contribution in [1.82, 2.24) is 20.8 Å². The number of carbonyl (C=O) groups is 2. The first-order chi connectivity index (χ1) is 9.13. The third-order valence-electron chi connectivity index (χ3n) is 2.16. The van der Waals surface area contributed by atoms with Crippen molar-refractivity contribution < 1.29 is 9.59 Å². The molecule has 0 unspecified atom stereocenters. The highest BCUT2D eigenvalue weighted by Gasteiger charge is 2.07. The van der Waals surface area contributed by atoms with Crippen LogP contribution in [0.2, 0.25) is 0 Å². The Kier molecular flexibility index (Phi) is 6.07. The van der Waals surface area contributed by atoms with Gasteiger partial charge in [0.25, 0.3) is 5.91 Å². The summed E-state index contributed by atoms with van der Waals surface area (Å²) in [4.78, 5) is 22.0. The van der Waals surface area contributed by atoms with Crippen LogP contribution in [0.4, 0.5) is 10.6 Å². The smallest absolute Gasteiger partial charge is 0.312 e. The molecule has 8 heteroatoms. The van der Waals surface area contributed by atoms with Crippen LogP contribution in [0.1, 0.15) is 23.8 Å². The van der Waals surface area contributed by atoms with Gasteiger partial charge in [-0.15, -0.1) is 10.2 Å². The molecule has 0 radical (unpaired) electrons. The van der Waals surface area contributed by atoms with Crippen LogP contribution in [0.5, 0.6) is 0 Å². The van der Waals surface area contributed by atoms with Crippen LogP contribution in [0, 0.1) is 0 Å². The Labute approximate surface area is 111 Å². The second-order valence-electron chi connectivity index (χ2n) is 3.78. The number of nitrogens with one attached hydrogen (secondary N) is 3. The molecule has 0 spiro atoms. The molecule has 0 fully saturated rings. The lowest BCUT2D eigenvalue weighted by atomic mass is 10.3. The molecule has 104 valence electrons. The number of aromatic nitrogens is 2. The van der Waals surface area contributed by atoms with E-state index in [9.17, 15) is 9.59 Å². The van der Waals surface area contributed by atoms with Crippen molar-refractivity contribution in [3.05, 3.63) is 17.8 Å². The third kappa shape index (κ3) is 5.66. The average molecular weight is 266 g/mol. The first-order valence-electron chi connectivity index (χ1n) is 6.02. The molecule has 0 saturated heterocycles. The van der Waals surface area contributed by atoms with Gasteiger partial charge in [0.05, 0.1) is 0 Å². The zero-order valence-corrected chi connectivity index (χ0v) is 10.8. The number of carbonyl (C=O) groups excluding carboxylic acids is 2. The zero-order chi connectivity index (χ0) is 14.1. The van der Waals surface area contributed by atoms with Gasteiger partial charge in [-0.25, -0.2) is 4.79 Å². The van der Waals surface area contributed by atoms with Crippen LogP contribution in [0.3, 0.4) is 0 Å². The first-order valence-corrected chi connectivity index (χ1v) is 6.02. The number of nitrogens with two attached hydrogens (primary N) is 1. The highest BCUT2D eigenvalue weighted by Crippen LogP contribution is 2.01. The molecule has 5 N–H and O–H groups in total. The number of hydrogen-bond acceptors (Lipinski definition) is 5. The number of rotatable bonds is 7. The molecule has 19 heavy (non-hydrogen) atoms. The van der Waals surface area contributed by atoms with Crippen LogP contribution in [0.15, 0.2) is 12.1 Å². The summed E-state index contributed by atoms with van der Waals surface area (Å²) in [5.74, 6) is 0.287. The van der Waals surface area contributed by atoms with E-state index in [-0.39, 0.29) is 24.7 Å². The fourth-order valence-electron chi connectivity index (χ4n) is 1.25. The summed E-state index contributed by atoms with van der Waals surface area (Å²) in [5, 5.41) is 15.7. The summed E-state index contributed by atoms with van der Waals surface area (Å²) in [6.07, 6.45) is 0.983. The molecule has 0 bridgehead atoms. The van der Waals surface area contributed by atoms with E-state index in [2.05, 4.69) is 26.1 Å². The standard InChI is InChI=1S/C11H18N6O2/c1-2-5-13-9-4-3-8(16-17-9)10(18)14-6-7-15-11(12)19/h3-4H,2,5-7H2,1H3,(H,13,17)(H,14,18)(H3,12,15,19). The van der Waals surface area contributed by atoms with Gasteiger partial charge in [-0.2, -0.15) is 0 Å². The van der Waals surface area contributed by atoms with Crippen molar-refractivity contribution in [3.63, 3.8) is 0 Å². The lowest BCUT2D eigenvalue weighted by Gasteiger charge is -2.06. The van der Waals surface area contributed by atoms with E-state index >= 15 is 0 Å². The Morgan fingerprint density at radius 3 is 2.47 bits per heavy atom. The van der Waals surface area contributed by atoms with Crippen LogP contribution >= 0.6 is 0 Å². The van der Waals surface area contributed by atoms with Crippen LogP contribution in [-0.2, 0) is 0 Å². The molecular weight excluding hydrogens is 248 g/mol. The zero-order valence-electron chi connectivity index (χ0n) is 10.8. The topological polar surface area (TPSA) is 122 Å². The van der Waals surface area contributed by atoms with Crippen molar-refractivity contribution in [2.24, 2.45) is 5.73 Å². The Balaban J connectivity index is 2.37. The van der Waals surface area contributed by atoms with E-state index < -0.39 is 6.03 Å². The summed E-state index contributed by atoms with van der Waals surface area (Å²) >= 11 is 0. The summed E-state index contributed by atoms with van der Waals surface area (Å²) in [7, 11) is 0. The maximum Gasteiger partial charge on any atom is 0.312 e. The molecule has 0 aliphatic heterocycles. The van der Waals surface area contributed by atoms with Gasteiger partial charge in [-0.3, -0.25) is 4.79 Å². The van der Waals surface area contributed by atoms with Crippen LogP contribution in [0.25, 0.3) is 0 Å². The Morgan fingerprint density at radius 1 is 1.16 bits per heavy atom. The van der Waals surface area contributed by atoms with Crippen molar-refractivity contribution in [1.29, 1.82) is 0 Å². The molecule has 0 aromatic carbocycles. The van der Waals surface area contributed by atoms with Gasteiger partial charge < -0.3 is 21.7 Å². The number of anilines is 1. The van der Waals surface area contributed by atoms with Crippen molar-refractivity contribution in [2.45, 2.75) is 13.3 Å². The molecule has 0 atom stereocenters. The highest BCUT2D eigenvalue weighted by molar-refractivity contribution is 5.92. The second kappa shape index (κ2) is 7.85. The van der Waals surface area contributed by atoms with E-state index in [0.717, 1.165) is 13.0 Å². The van der Waals surface area contributed by atoms with Gasteiger partial charge >= 0.3 is 6.03 Å². The van der Waals surface area contributed by atoms with Crippen molar-refractivity contribution in [3.8, 4) is 0 Å². The number of primary amides is 1. The van der Waals surface area contributed by atoms with E-state index in [1.54, 1.807) is 12.1 Å². The third-order valence-corrected chi connectivity index (χ3v) is 2.16. The molecule has 1 heterocycles. The van der Waals surface area contributed by atoms with E-state index in [0.29, 0.717) is 5.82 Å². The van der Waals surface area contributed by atoms with Gasteiger partial charge in [0, 0.05) is 19.6 Å². The number of hydrogen-bond donors (Lipinski definition) is 4. The Morgan fingerprint density at radius 2 is 1.89 bits per heavy atom. The van der Waals surface area contributed by atoms with Crippen LogP contribution < -0.4 is 21.7 Å². The number of urea groups is 1. The molecule has 0 saturated carbocycles. The average Bonchev–Trinajstić information content (AvgIpc) is 2.41. The van der Waals surface area contributed by atoms with E-state index in [4.69, 9.17) is 5.73 Å². The maximum absolute atomic E-state index is 11.6. The van der Waals surface area contributed by atoms with Gasteiger partial charge in [-0.1, -0.05) is 6.92 Å². The summed E-state index contributed by atoms with van der Waals surface area (Å²) in [6, 6.07) is 2.65. The quantitative estimate of drug-likeness (QED) is 0.504. The maximum atomic E-state index is 11.6. The highest BCUT2D eigenvalue weighted by atomic mass is 16.2. The molecule has 0 aliphatic carbocycles. The van der Waals surface area contributed by atoms with Crippen LogP contribution in [-0.4, -0.2) is 41.8 Å². The lowest BCUT2D eigenvalue weighted by molar-refractivity contribution is 0.0948. The molecular formula is C11H18N6O2. The number of nitrogens with zero attached hydrogens (tertiary/aromatic N) is 2. The lowest BCUT2D eigenvalue weighted by Crippen LogP contribution is -2.37. The molecule has 1 rings (SSSR count). The Bertz CT molecular complexity index is 420. The summed E-state index contributed by atoms with van der Waals surface area (Å²) in [6.45, 7) is 3.39. The molecule has 1 aromatic rings. The molecule has 1 aromatic heterocycles.